The summed E-state index contributed by atoms with van der Waals surface area (Å²) in [6, 6.07) is -5.00. The fourth-order valence-electron chi connectivity index (χ4n) is 7.33. The third-order valence-corrected chi connectivity index (χ3v) is 10.9. The molecule has 24 heteroatoms. The van der Waals surface area contributed by atoms with E-state index < -0.39 is 127 Å². The third kappa shape index (κ3) is 25.1. The number of unbranched alkanes of at least 4 members (excludes halogenated alkanes) is 1. The number of nitrogens with two attached hydrogens (primary N) is 3. The van der Waals surface area contributed by atoms with Crippen LogP contribution in [0.4, 0.5) is 0 Å². The van der Waals surface area contributed by atoms with E-state index in [4.69, 9.17) is 17.2 Å². The van der Waals surface area contributed by atoms with E-state index in [0.717, 1.165) is 0 Å². The molecular formula is C48H81N11O13. The molecule has 72 heavy (non-hydrogen) atoms. The first-order valence-corrected chi connectivity index (χ1v) is 24.4. The number of carboxylic acid groups (broad SMARTS) is 1. The van der Waals surface area contributed by atoms with Crippen LogP contribution in [0.3, 0.4) is 0 Å². The average Bonchev–Trinajstić information content (AvgIpc) is 3.27. The molecule has 0 saturated carbocycles. The van der Waals surface area contributed by atoms with Gasteiger partial charge in [0.25, 0.3) is 0 Å². The van der Waals surface area contributed by atoms with E-state index >= 15 is 0 Å². The Balaban J connectivity index is 3.42. The average molecular weight is 1020 g/mol. The number of hydrogen-bond donors (Lipinski definition) is 14. The maximum atomic E-state index is 14.0. The normalized spacial score (nSPS) is 14.7. The number of primary amides is 1. The first-order valence-electron chi connectivity index (χ1n) is 24.4. The van der Waals surface area contributed by atoms with Crippen molar-refractivity contribution in [3.63, 3.8) is 0 Å². The maximum absolute atomic E-state index is 14.0. The molecule has 9 amide bonds. The number of phenolic OH excluding ortho intramolecular Hbond substituents is 1. The molecule has 1 aromatic carbocycles. The highest BCUT2D eigenvalue weighted by molar-refractivity contribution is 5.98. The van der Waals surface area contributed by atoms with Crippen molar-refractivity contribution in [1.29, 1.82) is 0 Å². The molecule has 0 fully saturated rings. The van der Waals surface area contributed by atoms with Crippen molar-refractivity contribution in [3.05, 3.63) is 29.8 Å². The fourth-order valence-corrected chi connectivity index (χ4v) is 7.33. The molecule has 24 nitrogen and oxygen atoms in total. The van der Waals surface area contributed by atoms with Crippen LogP contribution in [-0.4, -0.2) is 142 Å². The number of aliphatic hydroxyl groups excluding tert-OH is 1. The van der Waals surface area contributed by atoms with E-state index in [2.05, 4.69) is 42.5 Å². The van der Waals surface area contributed by atoms with Gasteiger partial charge in [0.1, 0.15) is 48.0 Å². The van der Waals surface area contributed by atoms with Gasteiger partial charge in [-0.1, -0.05) is 67.5 Å². The summed E-state index contributed by atoms with van der Waals surface area (Å²) in [5.41, 5.74) is 17.7. The van der Waals surface area contributed by atoms with E-state index in [1.54, 1.807) is 27.7 Å². The minimum atomic E-state index is -1.70. The Hall–Kier alpha value is -6.40. The number of carbonyl (C=O) groups is 10. The van der Waals surface area contributed by atoms with Crippen molar-refractivity contribution in [2.45, 2.75) is 162 Å². The van der Waals surface area contributed by atoms with Crippen LogP contribution in [0, 0.1) is 23.7 Å². The molecule has 0 spiro atoms. The highest BCUT2D eigenvalue weighted by Crippen LogP contribution is 2.14. The van der Waals surface area contributed by atoms with Gasteiger partial charge in [-0.15, -0.1) is 0 Å². The number of carbonyl (C=O) groups excluding carboxylic acids is 9. The number of carboxylic acids is 1. The molecule has 0 aliphatic rings. The highest BCUT2D eigenvalue weighted by Gasteiger charge is 2.34. The summed E-state index contributed by atoms with van der Waals surface area (Å²) in [6.07, 6.45) is 0.551. The summed E-state index contributed by atoms with van der Waals surface area (Å²) in [5.74, 6) is -9.55. The van der Waals surface area contributed by atoms with Crippen LogP contribution < -0.4 is 59.7 Å². The van der Waals surface area contributed by atoms with E-state index in [9.17, 15) is 63.3 Å². The van der Waals surface area contributed by atoms with Crippen LogP contribution >= 0.6 is 0 Å². The van der Waals surface area contributed by atoms with Gasteiger partial charge < -0.3 is 75.1 Å². The second kappa shape index (κ2) is 32.5. The standard InChI is InChI=1S/C48H81N11O13/c1-25(2)17-31(50)41(64)55-34(19-27(5)6)45(68)54-32(11-9-10-16-49)43(66)58-37(22-39(51)62)47(70)57-36(21-29-12-14-30(61)15-13-29)42(65)52-23-40(63)53-33(18-26(3)4)44(67)56-35(20-28(7)8)46(69)59-38(24-60)48(71)72/h12-15,25-28,31-38,60-61H,9-11,16-24,49-50H2,1-8H3,(H2,51,62)(H,52,65)(H,53,63)(H,54,68)(H,55,64)(H,56,67)(H,57,70)(H,58,66)(H,59,69)(H,71,72). The number of benzene rings is 1. The molecule has 406 valence electrons. The zero-order chi connectivity index (χ0) is 54.8. The SMILES string of the molecule is CC(C)CC(N)C(=O)NC(CC(C)C)C(=O)NC(CCCCN)C(=O)NC(CC(N)=O)C(=O)NC(Cc1ccc(O)cc1)C(=O)NCC(=O)NC(CC(C)C)C(=O)NC(CC(C)C)C(=O)NC(CO)C(=O)O. The van der Waals surface area contributed by atoms with Crippen molar-refractivity contribution in [3.8, 4) is 5.75 Å². The van der Waals surface area contributed by atoms with Gasteiger partial charge in [-0.3, -0.25) is 43.2 Å². The molecule has 0 aliphatic heterocycles. The van der Waals surface area contributed by atoms with E-state index in [1.165, 1.54) is 24.3 Å². The summed E-state index contributed by atoms with van der Waals surface area (Å²) in [4.78, 5) is 132. The lowest BCUT2D eigenvalue weighted by Crippen LogP contribution is -2.60. The van der Waals surface area contributed by atoms with Crippen LogP contribution in [-0.2, 0) is 54.4 Å². The van der Waals surface area contributed by atoms with Crippen molar-refractivity contribution in [2.24, 2.45) is 40.9 Å². The number of nitrogens with one attached hydrogen (secondary N) is 8. The molecule has 17 N–H and O–H groups in total. The van der Waals surface area contributed by atoms with Gasteiger partial charge in [0, 0.05) is 6.42 Å². The number of phenols is 1. The lowest BCUT2D eigenvalue weighted by Gasteiger charge is -2.27. The summed E-state index contributed by atoms with van der Waals surface area (Å²) >= 11 is 0. The lowest BCUT2D eigenvalue weighted by molar-refractivity contribution is -0.143. The molecule has 0 aliphatic carbocycles. The summed E-state index contributed by atoms with van der Waals surface area (Å²) < 4.78 is 0. The van der Waals surface area contributed by atoms with Crippen LogP contribution in [0.15, 0.2) is 24.3 Å². The van der Waals surface area contributed by atoms with Gasteiger partial charge in [-0.25, -0.2) is 4.79 Å². The molecule has 0 heterocycles. The zero-order valence-electron chi connectivity index (χ0n) is 42.9. The Morgan fingerprint density at radius 3 is 1.40 bits per heavy atom. The number of amides is 9. The first kappa shape index (κ1) is 63.6. The molecule has 0 aromatic heterocycles. The Kier molecular flexibility index (Phi) is 28.8. The van der Waals surface area contributed by atoms with Crippen LogP contribution in [0.5, 0.6) is 5.75 Å². The molecule has 0 bridgehead atoms. The van der Waals surface area contributed by atoms with Crippen molar-refractivity contribution < 1.29 is 63.3 Å². The van der Waals surface area contributed by atoms with E-state index in [0.29, 0.717) is 24.8 Å². The number of aromatic hydroxyl groups is 1. The van der Waals surface area contributed by atoms with Crippen LogP contribution in [0.2, 0.25) is 0 Å². The Labute approximate surface area is 421 Å². The Morgan fingerprint density at radius 2 is 0.944 bits per heavy atom. The first-order chi connectivity index (χ1) is 33.7. The predicted molar refractivity (Wildman–Crippen MR) is 266 cm³/mol. The predicted octanol–water partition coefficient (Wildman–Crippen LogP) is -1.96. The van der Waals surface area contributed by atoms with Crippen LogP contribution in [0.1, 0.15) is 112 Å². The number of aliphatic carboxylic acids is 1. The maximum Gasteiger partial charge on any atom is 0.328 e. The second-order valence-corrected chi connectivity index (χ2v) is 19.7. The molecule has 0 saturated heterocycles. The monoisotopic (exact) mass is 1020 g/mol. The van der Waals surface area contributed by atoms with E-state index in [1.807, 2.05) is 27.7 Å². The van der Waals surface area contributed by atoms with Crippen molar-refractivity contribution in [2.75, 3.05) is 19.7 Å². The van der Waals surface area contributed by atoms with Crippen LogP contribution in [0.25, 0.3) is 0 Å². The highest BCUT2D eigenvalue weighted by atomic mass is 16.4. The Bertz CT molecular complexity index is 1970. The van der Waals surface area contributed by atoms with Crippen molar-refractivity contribution >= 4 is 59.1 Å². The van der Waals surface area contributed by atoms with Gasteiger partial charge in [-0.05, 0) is 92.9 Å². The minimum Gasteiger partial charge on any atom is -0.508 e. The van der Waals surface area contributed by atoms with Gasteiger partial charge in [0.15, 0.2) is 0 Å². The van der Waals surface area contributed by atoms with Crippen molar-refractivity contribution in [1.82, 2.24) is 42.5 Å². The van der Waals surface area contributed by atoms with Gasteiger partial charge in [-0.2, -0.15) is 0 Å². The quantitative estimate of drug-likeness (QED) is 0.0333. The minimum absolute atomic E-state index is 0.0359. The lowest BCUT2D eigenvalue weighted by atomic mass is 9.99. The molecular weight excluding hydrogens is 939 g/mol. The smallest absolute Gasteiger partial charge is 0.328 e. The third-order valence-electron chi connectivity index (χ3n) is 10.9. The topological polar surface area (TPSA) is 406 Å². The zero-order valence-corrected chi connectivity index (χ0v) is 42.9. The van der Waals surface area contributed by atoms with Gasteiger partial charge in [0.05, 0.1) is 25.6 Å². The van der Waals surface area contributed by atoms with Gasteiger partial charge >= 0.3 is 5.97 Å². The van der Waals surface area contributed by atoms with Gasteiger partial charge in [0.2, 0.25) is 53.2 Å². The summed E-state index contributed by atoms with van der Waals surface area (Å²) in [6.45, 7) is 13.2. The molecule has 1 rings (SSSR count). The Morgan fingerprint density at radius 1 is 0.528 bits per heavy atom. The largest absolute Gasteiger partial charge is 0.508 e. The summed E-state index contributed by atoms with van der Waals surface area (Å²) in [5, 5.41) is 48.6. The second-order valence-electron chi connectivity index (χ2n) is 19.7. The fraction of sp³-hybridized carbons (Fsp3) is 0.667. The molecule has 0 radical (unpaired) electrons. The number of rotatable bonds is 34. The number of aliphatic hydroxyl groups is 1. The summed E-state index contributed by atoms with van der Waals surface area (Å²) in [7, 11) is 0. The molecule has 8 unspecified atom stereocenters. The van der Waals surface area contributed by atoms with E-state index in [-0.39, 0.29) is 68.1 Å². The number of hydrogen-bond acceptors (Lipinski definition) is 14. The molecule has 8 atom stereocenters. The molecule has 1 aromatic rings.